The highest BCUT2D eigenvalue weighted by molar-refractivity contribution is 8.15. The van der Waals surface area contributed by atoms with Crippen LogP contribution in [0.25, 0.3) is 17.1 Å². The predicted octanol–water partition coefficient (Wildman–Crippen LogP) is 6.61. The van der Waals surface area contributed by atoms with Crippen LogP contribution >= 0.6 is 23.4 Å². The van der Waals surface area contributed by atoms with Gasteiger partial charge in [0.05, 0.1) is 34.4 Å². The first-order valence-corrected chi connectivity index (χ1v) is 13.9. The van der Waals surface area contributed by atoms with Crippen LogP contribution in [0.3, 0.4) is 0 Å². The number of halogens is 4. The van der Waals surface area contributed by atoms with Gasteiger partial charge in [0.1, 0.15) is 12.1 Å². The maximum absolute atomic E-state index is 12.9. The summed E-state index contributed by atoms with van der Waals surface area (Å²) in [6.07, 6.45) is -3.37. The molecule has 222 valence electrons. The van der Waals surface area contributed by atoms with Gasteiger partial charge in [-0.25, -0.2) is 14.5 Å². The number of aromatic nitrogens is 3. The number of nitrogens with zero attached hydrogens (tertiary/aromatic N) is 5. The molecule has 1 N–H and O–H groups in total. The molecule has 15 heteroatoms. The molecule has 3 amide bonds. The molecule has 0 atom stereocenters. The second-order valence-electron chi connectivity index (χ2n) is 9.16. The standard InChI is InChI=1S/C28H22ClF3N6O4S/c1-16-3-4-18(13-41-2)23(11-16)38-24(39)14-43-27(38)35-26(40)34-22-10-7-19(12-21(22)29)37-15-33-25(36-37)17-5-8-20(9-6-17)42-28(30,31)32/h3-12,15H,13-14H2,1-2H3,(H,34,40)/b35-27-. The molecule has 0 bridgehead atoms. The minimum atomic E-state index is -4.79. The van der Waals surface area contributed by atoms with Gasteiger partial charge in [-0.3, -0.25) is 9.69 Å². The van der Waals surface area contributed by atoms with Crippen LogP contribution in [0.2, 0.25) is 5.02 Å². The molecule has 0 saturated carbocycles. The number of anilines is 2. The third-order valence-electron chi connectivity index (χ3n) is 6.04. The summed E-state index contributed by atoms with van der Waals surface area (Å²) >= 11 is 7.59. The van der Waals surface area contributed by atoms with Gasteiger partial charge in [-0.2, -0.15) is 4.99 Å². The van der Waals surface area contributed by atoms with E-state index < -0.39 is 12.4 Å². The van der Waals surface area contributed by atoms with E-state index >= 15 is 0 Å². The topological polar surface area (TPSA) is 111 Å². The fourth-order valence-electron chi connectivity index (χ4n) is 4.14. The lowest BCUT2D eigenvalue weighted by Crippen LogP contribution is -2.31. The number of aryl methyl sites for hydroxylation is 1. The minimum Gasteiger partial charge on any atom is -0.406 e. The molecule has 5 rings (SSSR count). The predicted molar refractivity (Wildman–Crippen MR) is 157 cm³/mol. The van der Waals surface area contributed by atoms with Crippen molar-refractivity contribution < 1.29 is 32.2 Å². The molecule has 0 aliphatic carbocycles. The zero-order valence-electron chi connectivity index (χ0n) is 22.6. The van der Waals surface area contributed by atoms with E-state index in [1.54, 1.807) is 25.3 Å². The van der Waals surface area contributed by atoms with Gasteiger partial charge in [0.15, 0.2) is 11.0 Å². The number of urea groups is 1. The molecule has 1 aromatic heterocycles. The van der Waals surface area contributed by atoms with Crippen LogP contribution < -0.4 is 15.0 Å². The molecule has 43 heavy (non-hydrogen) atoms. The molecule has 1 fully saturated rings. The lowest BCUT2D eigenvalue weighted by Gasteiger charge is -2.20. The number of alkyl halides is 3. The highest BCUT2D eigenvalue weighted by Gasteiger charge is 2.32. The summed E-state index contributed by atoms with van der Waals surface area (Å²) < 4.78 is 47.8. The maximum atomic E-state index is 12.9. The van der Waals surface area contributed by atoms with Gasteiger partial charge in [-0.15, -0.1) is 18.3 Å². The van der Waals surface area contributed by atoms with Gasteiger partial charge in [0, 0.05) is 18.2 Å². The van der Waals surface area contributed by atoms with Crippen molar-refractivity contribution >= 4 is 51.8 Å². The molecule has 1 aliphatic heterocycles. The van der Waals surface area contributed by atoms with Crippen LogP contribution in [-0.4, -0.2) is 51.1 Å². The Morgan fingerprint density at radius 3 is 2.60 bits per heavy atom. The summed E-state index contributed by atoms with van der Waals surface area (Å²) in [5, 5.41) is 7.40. The van der Waals surface area contributed by atoms with E-state index in [9.17, 15) is 22.8 Å². The number of amidine groups is 1. The second kappa shape index (κ2) is 12.5. The van der Waals surface area contributed by atoms with Gasteiger partial charge >= 0.3 is 12.4 Å². The summed E-state index contributed by atoms with van der Waals surface area (Å²) in [4.78, 5) is 35.4. The van der Waals surface area contributed by atoms with Crippen LogP contribution in [0.15, 0.2) is 72.0 Å². The SMILES string of the molecule is COCc1ccc(C)cc1N1C(=O)CS/C1=N\C(=O)Nc1ccc(-n2cnc(-c3ccc(OC(F)(F)F)cc3)n2)cc1Cl. The summed E-state index contributed by atoms with van der Waals surface area (Å²) in [5.74, 6) is -0.173. The summed E-state index contributed by atoms with van der Waals surface area (Å²) in [7, 11) is 1.56. The first-order valence-electron chi connectivity index (χ1n) is 12.5. The first-order chi connectivity index (χ1) is 20.5. The molecule has 2 heterocycles. The minimum absolute atomic E-state index is 0.132. The lowest BCUT2D eigenvalue weighted by atomic mass is 10.1. The molecule has 10 nitrogen and oxygen atoms in total. The number of carbonyl (C=O) groups excluding carboxylic acids is 2. The van der Waals surface area contributed by atoms with E-state index in [1.807, 2.05) is 25.1 Å². The van der Waals surface area contributed by atoms with Crippen molar-refractivity contribution in [3.63, 3.8) is 0 Å². The van der Waals surface area contributed by atoms with Gasteiger partial charge in [-0.05, 0) is 61.0 Å². The summed E-state index contributed by atoms with van der Waals surface area (Å²) in [6.45, 7) is 2.18. The number of aliphatic imine (C=N–C) groups is 1. The van der Waals surface area contributed by atoms with Crippen LogP contribution in [0.5, 0.6) is 5.75 Å². The third-order valence-corrected chi connectivity index (χ3v) is 7.28. The van der Waals surface area contributed by atoms with Crippen molar-refractivity contribution in [2.75, 3.05) is 23.1 Å². The van der Waals surface area contributed by atoms with Gasteiger partial charge in [0.25, 0.3) is 0 Å². The Labute approximate surface area is 252 Å². The first kappa shape index (κ1) is 30.1. The van der Waals surface area contributed by atoms with Gasteiger partial charge < -0.3 is 14.8 Å². The largest absolute Gasteiger partial charge is 0.573 e. The Hall–Kier alpha value is -4.40. The molecule has 0 spiro atoms. The van der Waals surface area contributed by atoms with E-state index in [0.29, 0.717) is 16.9 Å². The van der Waals surface area contributed by atoms with E-state index in [1.165, 1.54) is 40.2 Å². The van der Waals surface area contributed by atoms with Crippen molar-refractivity contribution in [3.8, 4) is 22.8 Å². The summed E-state index contributed by atoms with van der Waals surface area (Å²) in [5.41, 5.74) is 3.57. The number of thioether (sulfide) groups is 1. The lowest BCUT2D eigenvalue weighted by molar-refractivity contribution is -0.274. The van der Waals surface area contributed by atoms with Crippen molar-refractivity contribution in [1.29, 1.82) is 0 Å². The number of hydrogen-bond donors (Lipinski definition) is 1. The number of benzene rings is 3. The number of methoxy groups -OCH3 is 1. The molecule has 3 aromatic carbocycles. The highest BCUT2D eigenvalue weighted by Crippen LogP contribution is 2.32. The quantitative estimate of drug-likeness (QED) is 0.245. The van der Waals surface area contributed by atoms with Crippen LogP contribution in [0, 0.1) is 6.92 Å². The van der Waals surface area contributed by atoms with Crippen LogP contribution in [0.1, 0.15) is 11.1 Å². The van der Waals surface area contributed by atoms with Gasteiger partial charge in [-0.1, -0.05) is 35.5 Å². The molecule has 0 radical (unpaired) electrons. The molecule has 1 aliphatic rings. The molecular formula is C28H22ClF3N6O4S. The second-order valence-corrected chi connectivity index (χ2v) is 10.5. The Morgan fingerprint density at radius 2 is 1.91 bits per heavy atom. The Balaban J connectivity index is 1.30. The Bertz CT molecular complexity index is 1710. The number of ether oxygens (including phenoxy) is 2. The fraction of sp³-hybridized carbons (Fsp3) is 0.179. The van der Waals surface area contributed by atoms with Crippen LogP contribution in [0.4, 0.5) is 29.3 Å². The number of hydrogen-bond acceptors (Lipinski definition) is 7. The fourth-order valence-corrected chi connectivity index (χ4v) is 5.23. The number of amides is 3. The average molecular weight is 631 g/mol. The number of nitrogens with one attached hydrogen (secondary N) is 1. The monoisotopic (exact) mass is 630 g/mol. The van der Waals surface area contributed by atoms with Crippen molar-refractivity contribution in [2.45, 2.75) is 19.9 Å². The smallest absolute Gasteiger partial charge is 0.406 e. The van der Waals surface area contributed by atoms with E-state index in [4.69, 9.17) is 16.3 Å². The third kappa shape index (κ3) is 7.16. The Morgan fingerprint density at radius 1 is 1.14 bits per heavy atom. The number of rotatable bonds is 7. The van der Waals surface area contributed by atoms with E-state index in [2.05, 4.69) is 25.1 Å². The van der Waals surface area contributed by atoms with Crippen molar-refractivity contribution in [2.24, 2.45) is 4.99 Å². The highest BCUT2D eigenvalue weighted by atomic mass is 35.5. The Kier molecular flexibility index (Phi) is 8.71. The zero-order chi connectivity index (χ0) is 30.7. The molecule has 0 unspecified atom stereocenters. The average Bonchev–Trinajstić information content (AvgIpc) is 3.58. The van der Waals surface area contributed by atoms with Gasteiger partial charge in [0.2, 0.25) is 5.91 Å². The molecule has 1 saturated heterocycles. The van der Waals surface area contributed by atoms with E-state index in [-0.39, 0.29) is 45.7 Å². The summed E-state index contributed by atoms with van der Waals surface area (Å²) in [6, 6.07) is 14.8. The zero-order valence-corrected chi connectivity index (χ0v) is 24.1. The van der Waals surface area contributed by atoms with Crippen molar-refractivity contribution in [1.82, 2.24) is 14.8 Å². The normalized spacial score (nSPS) is 14.4. The van der Waals surface area contributed by atoms with Crippen LogP contribution in [-0.2, 0) is 16.1 Å². The number of carbonyl (C=O) groups is 2. The van der Waals surface area contributed by atoms with E-state index in [0.717, 1.165) is 22.9 Å². The maximum Gasteiger partial charge on any atom is 0.573 e. The molecular weight excluding hydrogens is 609 g/mol. The molecule has 4 aromatic rings. The van der Waals surface area contributed by atoms with Crippen molar-refractivity contribution in [3.05, 3.63) is 83.1 Å².